The van der Waals surface area contributed by atoms with Crippen LogP contribution in [0, 0.1) is 0 Å². The predicted octanol–water partition coefficient (Wildman–Crippen LogP) is 5.80. The first kappa shape index (κ1) is 20.0. The number of alkyl halides is 2. The van der Waals surface area contributed by atoms with Crippen LogP contribution in [0.15, 0.2) is 35.7 Å². The van der Waals surface area contributed by atoms with Crippen molar-refractivity contribution in [3.63, 3.8) is 0 Å². The van der Waals surface area contributed by atoms with Crippen molar-refractivity contribution in [3.05, 3.63) is 36.3 Å². The lowest BCUT2D eigenvalue weighted by Gasteiger charge is -2.25. The lowest BCUT2D eigenvalue weighted by atomic mass is 9.77. The lowest BCUT2D eigenvalue weighted by molar-refractivity contribution is 0.121. The van der Waals surface area contributed by atoms with Crippen LogP contribution < -0.4 is 5.32 Å². The third kappa shape index (κ3) is 3.58. The summed E-state index contributed by atoms with van der Waals surface area (Å²) in [5, 5.41) is 8.07. The first-order valence-corrected chi connectivity index (χ1v) is 10.9. The van der Waals surface area contributed by atoms with E-state index in [1.807, 2.05) is 25.3 Å². The first-order valence-electron chi connectivity index (χ1n) is 10.9. The number of nitrogens with zero attached hydrogens (tertiary/aromatic N) is 5. The summed E-state index contributed by atoms with van der Waals surface area (Å²) in [7, 11) is 0. The van der Waals surface area contributed by atoms with Gasteiger partial charge in [0.05, 0.1) is 11.7 Å². The molecule has 0 amide bonds. The second-order valence-corrected chi connectivity index (χ2v) is 8.84. The zero-order valence-electron chi connectivity index (χ0n) is 17.8. The van der Waals surface area contributed by atoms with E-state index in [0.29, 0.717) is 23.5 Å². The Bertz CT molecular complexity index is 1150. The van der Waals surface area contributed by atoms with Gasteiger partial charge in [-0.2, -0.15) is 0 Å². The number of halogens is 2. The average Bonchev–Trinajstić information content (AvgIpc) is 3.27. The maximum atomic E-state index is 13.3. The second-order valence-electron chi connectivity index (χ2n) is 8.84. The Labute approximate surface area is 181 Å². The minimum absolute atomic E-state index is 0. The molecule has 3 aromatic rings. The highest BCUT2D eigenvalue weighted by molar-refractivity contribution is 5.99. The third-order valence-corrected chi connectivity index (χ3v) is 6.76. The summed E-state index contributed by atoms with van der Waals surface area (Å²) in [4.78, 5) is 13.4. The van der Waals surface area contributed by atoms with Gasteiger partial charge in [-0.15, -0.1) is 5.10 Å². The first-order chi connectivity index (χ1) is 14.9. The van der Waals surface area contributed by atoms with Gasteiger partial charge in [-0.05, 0) is 38.8 Å². The molecule has 5 rings (SSSR count). The normalized spacial score (nSPS) is 21.5. The average molecular weight is 427 g/mol. The van der Waals surface area contributed by atoms with Crippen LogP contribution in [0.4, 0.5) is 20.5 Å². The van der Waals surface area contributed by atoms with Crippen LogP contribution in [-0.4, -0.2) is 37.8 Å². The second kappa shape index (κ2) is 7.66. The molecule has 0 radical (unpaired) electrons. The van der Waals surface area contributed by atoms with Gasteiger partial charge in [-0.1, -0.05) is 19.3 Å². The van der Waals surface area contributed by atoms with Gasteiger partial charge in [-0.3, -0.25) is 0 Å². The Morgan fingerprint density at radius 1 is 1.23 bits per heavy atom. The number of rotatable bonds is 5. The van der Waals surface area contributed by atoms with Gasteiger partial charge in [0.2, 0.25) is 12.4 Å². The van der Waals surface area contributed by atoms with Gasteiger partial charge >= 0.3 is 0 Å². The van der Waals surface area contributed by atoms with Crippen LogP contribution >= 0.6 is 0 Å². The van der Waals surface area contributed by atoms with Gasteiger partial charge < -0.3 is 5.32 Å². The van der Waals surface area contributed by atoms with Crippen molar-refractivity contribution in [1.29, 1.82) is 0 Å². The Morgan fingerprint density at radius 2 is 2.03 bits per heavy atom. The number of hydrogen-bond donors (Lipinski definition) is 1. The third-order valence-electron chi connectivity index (χ3n) is 6.76. The van der Waals surface area contributed by atoms with E-state index in [-0.39, 0.29) is 7.85 Å². The highest BCUT2D eigenvalue weighted by Crippen LogP contribution is 2.44. The van der Waals surface area contributed by atoms with E-state index in [2.05, 4.69) is 25.4 Å². The highest BCUT2D eigenvalue weighted by atomic mass is 19.3. The number of aromatic nitrogens is 4. The fourth-order valence-corrected chi connectivity index (χ4v) is 4.78. The summed E-state index contributed by atoms with van der Waals surface area (Å²) in [5.41, 5.74) is 3.23. The van der Waals surface area contributed by atoms with Gasteiger partial charge in [0, 0.05) is 54.1 Å². The number of fused-ring (bicyclic) bond motifs is 2. The van der Waals surface area contributed by atoms with Crippen molar-refractivity contribution < 1.29 is 10.2 Å². The number of hydrogen-bond acceptors (Lipinski definition) is 5. The standard InChI is InChI=1S/C23H26F2N6.H2/c1-14-23(2,11-20(24)25)18-10-15(12-26-21(18)28-14)17-8-9-31-19(17)13-27-22(30-31)29-16-6-4-3-5-7-16;/h8-10,12-13,16,20H,3-7,11H2,1-2H3,(H,29,30);1H. The SMILES string of the molecule is CC1=Nc2ncc(-c3ccn4nc(NC5CCCCC5)ncc34)cc2C1(C)CC(F)F.[HH]. The van der Waals surface area contributed by atoms with E-state index in [9.17, 15) is 8.78 Å². The Hall–Kier alpha value is -2.90. The van der Waals surface area contributed by atoms with Crippen LogP contribution in [-0.2, 0) is 5.41 Å². The largest absolute Gasteiger partial charge is 0.350 e. The van der Waals surface area contributed by atoms with Crippen molar-refractivity contribution in [1.82, 2.24) is 19.6 Å². The predicted molar refractivity (Wildman–Crippen MR) is 120 cm³/mol. The molecule has 3 aromatic heterocycles. The van der Waals surface area contributed by atoms with Gasteiger partial charge in [-0.25, -0.2) is 28.3 Å². The molecule has 6 nitrogen and oxygen atoms in total. The maximum absolute atomic E-state index is 13.3. The summed E-state index contributed by atoms with van der Waals surface area (Å²) in [5.74, 6) is 1.16. The molecule has 1 unspecified atom stereocenters. The number of aliphatic imine (C=N–C) groups is 1. The van der Waals surface area contributed by atoms with Crippen molar-refractivity contribution in [3.8, 4) is 11.1 Å². The van der Waals surface area contributed by atoms with E-state index in [1.54, 1.807) is 23.8 Å². The number of pyridine rings is 1. The number of nitrogens with one attached hydrogen (secondary N) is 1. The molecule has 164 valence electrons. The highest BCUT2D eigenvalue weighted by Gasteiger charge is 2.40. The van der Waals surface area contributed by atoms with Crippen LogP contribution in [0.25, 0.3) is 16.6 Å². The van der Waals surface area contributed by atoms with Gasteiger partial charge in [0.25, 0.3) is 0 Å². The van der Waals surface area contributed by atoms with Crippen LogP contribution in [0.2, 0.25) is 0 Å². The summed E-state index contributed by atoms with van der Waals surface area (Å²) < 4.78 is 28.4. The molecule has 8 heteroatoms. The fourth-order valence-electron chi connectivity index (χ4n) is 4.78. The van der Waals surface area contributed by atoms with Gasteiger partial charge in [0.1, 0.15) is 0 Å². The van der Waals surface area contributed by atoms with E-state index >= 15 is 0 Å². The van der Waals surface area contributed by atoms with Crippen LogP contribution in [0.5, 0.6) is 0 Å². The minimum atomic E-state index is -2.41. The summed E-state index contributed by atoms with van der Waals surface area (Å²) >= 11 is 0. The zero-order chi connectivity index (χ0) is 21.6. The van der Waals surface area contributed by atoms with Crippen LogP contribution in [0.3, 0.4) is 0 Å². The van der Waals surface area contributed by atoms with Crippen molar-refractivity contribution in [2.45, 2.75) is 70.3 Å². The molecule has 1 fully saturated rings. The molecular weight excluding hydrogens is 398 g/mol. The summed E-state index contributed by atoms with van der Waals surface area (Å²) in [6.45, 7) is 3.62. The topological polar surface area (TPSA) is 67.5 Å². The molecular formula is C23H28F2N6. The van der Waals surface area contributed by atoms with E-state index in [1.165, 1.54) is 19.3 Å². The molecule has 0 bridgehead atoms. The Balaban J connectivity index is 0.00000245. The zero-order valence-corrected chi connectivity index (χ0v) is 17.8. The Kier molecular flexibility index (Phi) is 4.95. The van der Waals surface area contributed by atoms with Crippen molar-refractivity contribution in [2.24, 2.45) is 4.99 Å². The van der Waals surface area contributed by atoms with Crippen LogP contribution in [0.1, 0.15) is 59.4 Å². The maximum Gasteiger partial charge on any atom is 0.241 e. The summed E-state index contributed by atoms with van der Waals surface area (Å²) in [6, 6.07) is 4.33. The molecule has 0 aromatic carbocycles. The van der Waals surface area contributed by atoms with E-state index in [0.717, 1.165) is 35.0 Å². The molecule has 0 saturated heterocycles. The van der Waals surface area contributed by atoms with E-state index in [4.69, 9.17) is 0 Å². The summed E-state index contributed by atoms with van der Waals surface area (Å²) in [6.07, 6.45) is 8.85. The molecule has 4 heterocycles. The smallest absolute Gasteiger partial charge is 0.241 e. The fraction of sp³-hybridized carbons (Fsp3) is 0.478. The molecule has 2 aliphatic rings. The quantitative estimate of drug-likeness (QED) is 0.560. The van der Waals surface area contributed by atoms with Crippen molar-refractivity contribution >= 4 is 23.0 Å². The molecule has 1 aliphatic heterocycles. The number of anilines is 1. The van der Waals surface area contributed by atoms with E-state index < -0.39 is 11.8 Å². The molecule has 31 heavy (non-hydrogen) atoms. The molecule has 1 N–H and O–H groups in total. The van der Waals surface area contributed by atoms with Gasteiger partial charge in [0.15, 0.2) is 5.82 Å². The molecule has 1 atom stereocenters. The lowest BCUT2D eigenvalue weighted by Crippen LogP contribution is -2.30. The molecule has 1 saturated carbocycles. The monoisotopic (exact) mass is 426 g/mol. The van der Waals surface area contributed by atoms with Crippen molar-refractivity contribution in [2.75, 3.05) is 5.32 Å². The Morgan fingerprint density at radius 3 is 2.81 bits per heavy atom. The molecule has 0 spiro atoms. The molecule has 1 aliphatic carbocycles. The minimum Gasteiger partial charge on any atom is -0.350 e.